The van der Waals surface area contributed by atoms with Crippen molar-refractivity contribution in [2.75, 3.05) is 6.61 Å². The molecular weight excluding hydrogens is 232 g/mol. The van der Waals surface area contributed by atoms with Crippen molar-refractivity contribution in [3.63, 3.8) is 0 Å². The molecular formula is C18H33O. The minimum absolute atomic E-state index is 0.106. The van der Waals surface area contributed by atoms with Crippen LogP contribution in [0.15, 0.2) is 24.3 Å². The van der Waals surface area contributed by atoms with Gasteiger partial charge in [-0.15, -0.1) is 0 Å². The Morgan fingerprint density at radius 1 is 0.632 bits per heavy atom. The zero-order valence-corrected chi connectivity index (χ0v) is 12.9. The molecule has 0 amide bonds. The summed E-state index contributed by atoms with van der Waals surface area (Å²) in [4.78, 5) is 0. The van der Waals surface area contributed by atoms with Crippen molar-refractivity contribution in [2.45, 2.75) is 84.0 Å². The molecule has 111 valence electrons. The second-order valence-electron chi connectivity index (χ2n) is 5.29. The molecule has 0 aromatic heterocycles. The Bertz CT molecular complexity index is 206. The van der Waals surface area contributed by atoms with E-state index in [1.165, 1.54) is 57.8 Å². The SMILES string of the molecule is CCCCCC=CCC=CCCCCCCCC[O]. The van der Waals surface area contributed by atoms with Gasteiger partial charge in [0.25, 0.3) is 0 Å². The fourth-order valence-corrected chi connectivity index (χ4v) is 2.09. The maximum absolute atomic E-state index is 10.2. The highest BCUT2D eigenvalue weighted by Crippen LogP contribution is 2.07. The third-order valence-corrected chi connectivity index (χ3v) is 3.34. The summed E-state index contributed by atoms with van der Waals surface area (Å²) >= 11 is 0. The fourth-order valence-electron chi connectivity index (χ4n) is 2.09. The van der Waals surface area contributed by atoms with E-state index in [1.807, 2.05) is 0 Å². The van der Waals surface area contributed by atoms with Crippen molar-refractivity contribution in [1.82, 2.24) is 0 Å². The quantitative estimate of drug-likeness (QED) is 0.262. The maximum atomic E-state index is 10.2. The molecule has 0 unspecified atom stereocenters. The van der Waals surface area contributed by atoms with Gasteiger partial charge in [0.15, 0.2) is 0 Å². The van der Waals surface area contributed by atoms with Gasteiger partial charge in [-0.3, -0.25) is 0 Å². The first kappa shape index (κ1) is 18.4. The zero-order chi connectivity index (χ0) is 14.0. The predicted octanol–water partition coefficient (Wildman–Crippen LogP) is 6.23. The second-order valence-corrected chi connectivity index (χ2v) is 5.29. The molecule has 0 spiro atoms. The molecule has 0 saturated carbocycles. The topological polar surface area (TPSA) is 19.9 Å². The lowest BCUT2D eigenvalue weighted by Gasteiger charge is -1.98. The van der Waals surface area contributed by atoms with Crippen molar-refractivity contribution in [2.24, 2.45) is 0 Å². The summed E-state index contributed by atoms with van der Waals surface area (Å²) in [6.07, 6.45) is 23.9. The average molecular weight is 265 g/mol. The van der Waals surface area contributed by atoms with Gasteiger partial charge in [-0.2, -0.15) is 0 Å². The molecule has 0 aliphatic carbocycles. The van der Waals surface area contributed by atoms with Gasteiger partial charge >= 0.3 is 0 Å². The van der Waals surface area contributed by atoms with E-state index in [0.717, 1.165) is 19.3 Å². The Balaban J connectivity index is 3.12. The third-order valence-electron chi connectivity index (χ3n) is 3.34. The standard InChI is InChI=1S/C18H33O/c1-2-3-4-5-6-7-8-9-10-11-12-13-14-15-16-17-18-19/h6-7,9-10H,2-5,8,11-18H2,1H3. The van der Waals surface area contributed by atoms with Crippen molar-refractivity contribution < 1.29 is 5.11 Å². The van der Waals surface area contributed by atoms with E-state index in [4.69, 9.17) is 0 Å². The predicted molar refractivity (Wildman–Crippen MR) is 84.9 cm³/mol. The van der Waals surface area contributed by atoms with E-state index >= 15 is 0 Å². The maximum Gasteiger partial charge on any atom is 0.0822 e. The fraction of sp³-hybridized carbons (Fsp3) is 0.778. The van der Waals surface area contributed by atoms with Crippen LogP contribution in [0.2, 0.25) is 0 Å². The van der Waals surface area contributed by atoms with Gasteiger partial charge in [-0.1, -0.05) is 69.8 Å². The molecule has 0 aromatic rings. The Labute approximate surface area is 120 Å². The molecule has 19 heavy (non-hydrogen) atoms. The van der Waals surface area contributed by atoms with E-state index in [0.29, 0.717) is 0 Å². The van der Waals surface area contributed by atoms with E-state index in [1.54, 1.807) is 0 Å². The minimum atomic E-state index is 0.106. The van der Waals surface area contributed by atoms with Gasteiger partial charge in [0.1, 0.15) is 0 Å². The summed E-state index contributed by atoms with van der Waals surface area (Å²) < 4.78 is 0. The van der Waals surface area contributed by atoms with Crippen LogP contribution in [0.25, 0.3) is 0 Å². The van der Waals surface area contributed by atoms with Crippen LogP contribution in [0.3, 0.4) is 0 Å². The van der Waals surface area contributed by atoms with Gasteiger partial charge in [-0.25, -0.2) is 5.11 Å². The average Bonchev–Trinajstić information content (AvgIpc) is 2.43. The molecule has 0 aliphatic rings. The molecule has 0 heterocycles. The van der Waals surface area contributed by atoms with Crippen LogP contribution in [0.4, 0.5) is 0 Å². The van der Waals surface area contributed by atoms with E-state index in [-0.39, 0.29) is 6.61 Å². The first-order chi connectivity index (χ1) is 9.41. The highest BCUT2D eigenvalue weighted by atomic mass is 16.2. The smallest absolute Gasteiger partial charge is 0.0822 e. The summed E-state index contributed by atoms with van der Waals surface area (Å²) in [6.45, 7) is 2.35. The second kappa shape index (κ2) is 17.4. The van der Waals surface area contributed by atoms with Gasteiger partial charge in [0.2, 0.25) is 0 Å². The van der Waals surface area contributed by atoms with Crippen LogP contribution < -0.4 is 0 Å². The van der Waals surface area contributed by atoms with Crippen LogP contribution in [0.1, 0.15) is 84.0 Å². The Morgan fingerprint density at radius 2 is 1.16 bits per heavy atom. The molecule has 0 rings (SSSR count). The first-order valence-electron chi connectivity index (χ1n) is 8.30. The Kier molecular flexibility index (Phi) is 16.9. The number of unbranched alkanes of at least 4 members (excludes halogenated alkanes) is 9. The summed E-state index contributed by atoms with van der Waals surface area (Å²) in [5, 5.41) is 10.2. The molecule has 1 radical (unpaired) electrons. The number of rotatable bonds is 14. The summed E-state index contributed by atoms with van der Waals surface area (Å²) in [5.74, 6) is 0. The van der Waals surface area contributed by atoms with Gasteiger partial charge < -0.3 is 0 Å². The lowest BCUT2D eigenvalue weighted by molar-refractivity contribution is 0.186. The van der Waals surface area contributed by atoms with Crippen LogP contribution >= 0.6 is 0 Å². The van der Waals surface area contributed by atoms with E-state index in [9.17, 15) is 5.11 Å². The molecule has 0 aliphatic heterocycles. The zero-order valence-electron chi connectivity index (χ0n) is 12.9. The van der Waals surface area contributed by atoms with Crippen LogP contribution in [-0.2, 0) is 5.11 Å². The van der Waals surface area contributed by atoms with Gasteiger partial charge in [-0.05, 0) is 38.5 Å². The van der Waals surface area contributed by atoms with Crippen LogP contribution in [0.5, 0.6) is 0 Å². The van der Waals surface area contributed by atoms with E-state index in [2.05, 4.69) is 31.2 Å². The normalized spacial score (nSPS) is 11.9. The van der Waals surface area contributed by atoms with Crippen LogP contribution in [-0.4, -0.2) is 6.61 Å². The third kappa shape index (κ3) is 17.4. The lowest BCUT2D eigenvalue weighted by Crippen LogP contribution is -1.82. The van der Waals surface area contributed by atoms with Crippen molar-refractivity contribution in [1.29, 1.82) is 0 Å². The summed E-state index contributed by atoms with van der Waals surface area (Å²) in [5.41, 5.74) is 0. The van der Waals surface area contributed by atoms with Crippen molar-refractivity contribution in [3.8, 4) is 0 Å². The van der Waals surface area contributed by atoms with Crippen LogP contribution in [0, 0.1) is 0 Å². The monoisotopic (exact) mass is 265 g/mol. The molecule has 0 aromatic carbocycles. The van der Waals surface area contributed by atoms with Gasteiger partial charge in [0, 0.05) is 0 Å². The molecule has 0 bridgehead atoms. The highest BCUT2D eigenvalue weighted by molar-refractivity contribution is 4.92. The van der Waals surface area contributed by atoms with Gasteiger partial charge in [0.05, 0.1) is 6.61 Å². The largest absolute Gasteiger partial charge is 0.237 e. The Hall–Kier alpha value is -0.560. The number of hydrogen-bond donors (Lipinski definition) is 0. The molecule has 0 atom stereocenters. The molecule has 0 fully saturated rings. The molecule has 1 nitrogen and oxygen atoms in total. The highest BCUT2D eigenvalue weighted by Gasteiger charge is 1.89. The molecule has 0 N–H and O–H groups in total. The number of hydrogen-bond acceptors (Lipinski definition) is 0. The van der Waals surface area contributed by atoms with E-state index < -0.39 is 0 Å². The Morgan fingerprint density at radius 3 is 1.74 bits per heavy atom. The minimum Gasteiger partial charge on any atom is -0.237 e. The summed E-state index contributed by atoms with van der Waals surface area (Å²) in [6, 6.07) is 0. The van der Waals surface area contributed by atoms with Crippen molar-refractivity contribution >= 4 is 0 Å². The van der Waals surface area contributed by atoms with Crippen molar-refractivity contribution in [3.05, 3.63) is 24.3 Å². The number of allylic oxidation sites excluding steroid dienone is 4. The lowest BCUT2D eigenvalue weighted by atomic mass is 10.1. The molecule has 1 heteroatoms. The first-order valence-corrected chi connectivity index (χ1v) is 8.30. The summed E-state index contributed by atoms with van der Waals surface area (Å²) in [7, 11) is 0. The molecule has 0 saturated heterocycles.